The van der Waals surface area contributed by atoms with Gasteiger partial charge in [0.25, 0.3) is 0 Å². The predicted molar refractivity (Wildman–Crippen MR) is 117 cm³/mol. The Morgan fingerprint density at radius 2 is 1.94 bits per heavy atom. The summed E-state index contributed by atoms with van der Waals surface area (Å²) in [7, 11) is -2.27. The second kappa shape index (κ2) is 7.97. The highest BCUT2D eigenvalue weighted by atomic mass is 32.2. The maximum absolute atomic E-state index is 13.2. The third-order valence-corrected chi connectivity index (χ3v) is 7.67. The van der Waals surface area contributed by atoms with Gasteiger partial charge in [-0.05, 0) is 56.0 Å². The molecule has 9 heteroatoms. The number of fused-ring (bicyclic) bond motifs is 1. The van der Waals surface area contributed by atoms with Crippen molar-refractivity contribution in [2.24, 2.45) is 13.0 Å². The SMILES string of the molecule is Cc1ccc(C)c(NC(=O)[C@H]2CCCN(S(=O)(=O)c3ccc4c(c3)oc(=O)n4C)C2)c1. The van der Waals surface area contributed by atoms with E-state index in [1.165, 1.54) is 21.0 Å². The molecule has 0 unspecified atom stereocenters. The molecule has 8 nitrogen and oxygen atoms in total. The maximum Gasteiger partial charge on any atom is 0.419 e. The van der Waals surface area contributed by atoms with Crippen LogP contribution >= 0.6 is 0 Å². The van der Waals surface area contributed by atoms with Crippen molar-refractivity contribution in [3.05, 3.63) is 58.1 Å². The number of piperidine rings is 1. The number of aryl methyl sites for hydroxylation is 3. The van der Waals surface area contributed by atoms with Crippen LogP contribution in [-0.4, -0.2) is 36.3 Å². The number of sulfonamides is 1. The monoisotopic (exact) mass is 443 g/mol. The van der Waals surface area contributed by atoms with Gasteiger partial charge in [-0.1, -0.05) is 12.1 Å². The molecule has 164 valence electrons. The number of hydrogen-bond acceptors (Lipinski definition) is 5. The van der Waals surface area contributed by atoms with Gasteiger partial charge >= 0.3 is 5.76 Å². The Morgan fingerprint density at radius 3 is 2.71 bits per heavy atom. The molecule has 4 rings (SSSR count). The molecule has 0 saturated carbocycles. The topological polar surface area (TPSA) is 102 Å². The summed E-state index contributed by atoms with van der Waals surface area (Å²) in [6, 6.07) is 10.2. The Kier molecular flexibility index (Phi) is 5.49. The van der Waals surface area contributed by atoms with Crippen molar-refractivity contribution in [2.45, 2.75) is 31.6 Å². The molecule has 3 aromatic rings. The number of rotatable bonds is 4. The van der Waals surface area contributed by atoms with E-state index in [0.717, 1.165) is 16.8 Å². The van der Waals surface area contributed by atoms with Gasteiger partial charge in [-0.2, -0.15) is 4.31 Å². The minimum absolute atomic E-state index is 0.0462. The summed E-state index contributed by atoms with van der Waals surface area (Å²) in [6.07, 6.45) is 1.21. The van der Waals surface area contributed by atoms with E-state index in [-0.39, 0.29) is 22.9 Å². The number of carbonyl (C=O) groups is 1. The minimum atomic E-state index is -3.83. The lowest BCUT2D eigenvalue weighted by atomic mass is 9.98. The summed E-state index contributed by atoms with van der Waals surface area (Å²) in [5, 5.41) is 2.95. The number of nitrogens with zero attached hydrogens (tertiary/aromatic N) is 2. The first kappa shape index (κ1) is 21.3. The molecule has 1 aliphatic heterocycles. The molecule has 0 bridgehead atoms. The first-order valence-corrected chi connectivity index (χ1v) is 11.6. The molecule has 1 atom stereocenters. The predicted octanol–water partition coefficient (Wildman–Crippen LogP) is 2.79. The molecule has 0 spiro atoms. The second-order valence-corrected chi connectivity index (χ2v) is 10.0. The average molecular weight is 444 g/mol. The Bertz CT molecular complexity index is 1320. The fourth-order valence-electron chi connectivity index (χ4n) is 3.90. The van der Waals surface area contributed by atoms with Gasteiger partial charge in [-0.25, -0.2) is 13.2 Å². The van der Waals surface area contributed by atoms with Gasteiger partial charge in [0.2, 0.25) is 15.9 Å². The number of carbonyl (C=O) groups excluding carboxylic acids is 1. The number of benzene rings is 2. The normalized spacial score (nSPS) is 17.7. The minimum Gasteiger partial charge on any atom is -0.408 e. The Labute approximate surface area is 180 Å². The van der Waals surface area contributed by atoms with Crippen LogP contribution in [0.5, 0.6) is 0 Å². The van der Waals surface area contributed by atoms with Crippen LogP contribution in [0, 0.1) is 19.8 Å². The summed E-state index contributed by atoms with van der Waals surface area (Å²) in [5.74, 6) is -1.18. The van der Waals surface area contributed by atoms with E-state index in [1.807, 2.05) is 32.0 Å². The van der Waals surface area contributed by atoms with Crippen LogP contribution in [-0.2, 0) is 21.9 Å². The van der Waals surface area contributed by atoms with Crippen LogP contribution < -0.4 is 11.1 Å². The molecule has 0 radical (unpaired) electrons. The van der Waals surface area contributed by atoms with E-state index in [9.17, 15) is 18.0 Å². The lowest BCUT2D eigenvalue weighted by Gasteiger charge is -2.31. The van der Waals surface area contributed by atoms with E-state index < -0.39 is 21.7 Å². The first-order valence-electron chi connectivity index (χ1n) is 10.1. The van der Waals surface area contributed by atoms with E-state index in [4.69, 9.17) is 4.42 Å². The van der Waals surface area contributed by atoms with Crippen LogP contribution in [0.2, 0.25) is 0 Å². The summed E-state index contributed by atoms with van der Waals surface area (Å²) >= 11 is 0. The molecule has 1 aliphatic rings. The van der Waals surface area contributed by atoms with Crippen molar-refractivity contribution < 1.29 is 17.6 Å². The number of nitrogens with one attached hydrogen (secondary N) is 1. The molecular formula is C22H25N3O5S. The van der Waals surface area contributed by atoms with Gasteiger partial charge in [-0.15, -0.1) is 0 Å². The van der Waals surface area contributed by atoms with Gasteiger partial charge < -0.3 is 9.73 Å². The zero-order valence-electron chi connectivity index (χ0n) is 17.7. The zero-order valence-corrected chi connectivity index (χ0v) is 18.5. The van der Waals surface area contributed by atoms with Crippen molar-refractivity contribution in [3.63, 3.8) is 0 Å². The van der Waals surface area contributed by atoms with Crippen molar-refractivity contribution in [1.29, 1.82) is 0 Å². The molecule has 2 heterocycles. The lowest BCUT2D eigenvalue weighted by Crippen LogP contribution is -2.43. The van der Waals surface area contributed by atoms with E-state index >= 15 is 0 Å². The molecule has 0 aliphatic carbocycles. The zero-order chi connectivity index (χ0) is 22.3. The van der Waals surface area contributed by atoms with E-state index in [0.29, 0.717) is 24.9 Å². The third-order valence-electron chi connectivity index (χ3n) is 5.81. The van der Waals surface area contributed by atoms with Crippen LogP contribution in [0.3, 0.4) is 0 Å². The van der Waals surface area contributed by atoms with Crippen LogP contribution in [0.25, 0.3) is 11.1 Å². The summed E-state index contributed by atoms with van der Waals surface area (Å²) in [5.41, 5.74) is 3.48. The average Bonchev–Trinajstić information content (AvgIpc) is 3.04. The molecule has 1 fully saturated rings. The molecule has 1 saturated heterocycles. The summed E-state index contributed by atoms with van der Waals surface area (Å²) in [6.45, 7) is 4.32. The number of oxazole rings is 1. The third kappa shape index (κ3) is 4.03. The number of amides is 1. The highest BCUT2D eigenvalue weighted by molar-refractivity contribution is 7.89. The van der Waals surface area contributed by atoms with Crippen molar-refractivity contribution in [1.82, 2.24) is 8.87 Å². The Balaban J connectivity index is 1.55. The van der Waals surface area contributed by atoms with Gasteiger partial charge in [0.15, 0.2) is 5.58 Å². The molecule has 1 N–H and O–H groups in total. The van der Waals surface area contributed by atoms with E-state index in [1.54, 1.807) is 13.1 Å². The molecule has 31 heavy (non-hydrogen) atoms. The van der Waals surface area contributed by atoms with Gasteiger partial charge in [0.05, 0.1) is 16.3 Å². The number of anilines is 1. The maximum atomic E-state index is 13.2. The van der Waals surface area contributed by atoms with Crippen molar-refractivity contribution in [2.75, 3.05) is 18.4 Å². The number of hydrogen-bond donors (Lipinski definition) is 1. The van der Waals surface area contributed by atoms with Crippen LogP contribution in [0.4, 0.5) is 5.69 Å². The summed E-state index contributed by atoms with van der Waals surface area (Å²) in [4.78, 5) is 24.6. The van der Waals surface area contributed by atoms with Gasteiger partial charge in [-0.3, -0.25) is 9.36 Å². The second-order valence-electron chi connectivity index (χ2n) is 8.07. The van der Waals surface area contributed by atoms with E-state index in [2.05, 4.69) is 5.32 Å². The highest BCUT2D eigenvalue weighted by Crippen LogP contribution is 2.27. The highest BCUT2D eigenvalue weighted by Gasteiger charge is 2.34. The quantitative estimate of drug-likeness (QED) is 0.668. The molecule has 1 amide bonds. The summed E-state index contributed by atoms with van der Waals surface area (Å²) < 4.78 is 34.2. The Hall–Kier alpha value is -2.91. The van der Waals surface area contributed by atoms with Gasteiger partial charge in [0.1, 0.15) is 0 Å². The smallest absolute Gasteiger partial charge is 0.408 e. The molecular weight excluding hydrogens is 418 g/mol. The first-order chi connectivity index (χ1) is 14.7. The lowest BCUT2D eigenvalue weighted by molar-refractivity contribution is -0.120. The van der Waals surface area contributed by atoms with Gasteiger partial charge in [0, 0.05) is 31.9 Å². The van der Waals surface area contributed by atoms with Crippen LogP contribution in [0.1, 0.15) is 24.0 Å². The fourth-order valence-corrected chi connectivity index (χ4v) is 5.44. The largest absolute Gasteiger partial charge is 0.419 e. The molecule has 1 aromatic heterocycles. The van der Waals surface area contributed by atoms with Crippen molar-refractivity contribution >= 4 is 32.7 Å². The van der Waals surface area contributed by atoms with Crippen LogP contribution in [0.15, 0.2) is 50.5 Å². The van der Waals surface area contributed by atoms with Crippen molar-refractivity contribution in [3.8, 4) is 0 Å². The number of aromatic nitrogens is 1. The fraction of sp³-hybridized carbons (Fsp3) is 0.364. The Morgan fingerprint density at radius 1 is 1.16 bits per heavy atom. The standard InChI is InChI=1S/C22H25N3O5S/c1-14-6-7-15(2)18(11-14)23-21(26)16-5-4-10-25(13-16)31(28,29)17-8-9-19-20(12-17)30-22(27)24(19)3/h6-9,11-12,16H,4-5,10,13H2,1-3H3,(H,23,26)/t16-/m0/s1. The molecule has 2 aromatic carbocycles.